The van der Waals surface area contributed by atoms with Gasteiger partial charge < -0.3 is 20.1 Å². The molecule has 1 unspecified atom stereocenters. The van der Waals surface area contributed by atoms with Crippen molar-refractivity contribution in [1.29, 1.82) is 0 Å². The first-order valence-corrected chi connectivity index (χ1v) is 7.84. The molecule has 0 aliphatic carbocycles. The molecule has 0 aromatic rings. The minimum absolute atomic E-state index is 0.0363. The topological polar surface area (TPSA) is 95.9 Å². The van der Waals surface area contributed by atoms with Gasteiger partial charge in [-0.15, -0.1) is 0 Å². The number of carboxylic acid groups (broad SMARTS) is 1. The summed E-state index contributed by atoms with van der Waals surface area (Å²) in [5, 5.41) is 11.7. The lowest BCUT2D eigenvalue weighted by molar-refractivity contribution is -0.165. The van der Waals surface area contributed by atoms with E-state index in [0.717, 1.165) is 26.1 Å². The molecule has 1 fully saturated rings. The first-order chi connectivity index (χ1) is 10.4. The van der Waals surface area contributed by atoms with E-state index < -0.39 is 23.4 Å². The van der Waals surface area contributed by atoms with Gasteiger partial charge in [0.25, 0.3) is 0 Å². The minimum Gasteiger partial charge on any atom is -0.479 e. The second-order valence-electron chi connectivity index (χ2n) is 5.62. The van der Waals surface area contributed by atoms with Gasteiger partial charge in [-0.1, -0.05) is 0 Å². The maximum absolute atomic E-state index is 12.1. The summed E-state index contributed by atoms with van der Waals surface area (Å²) in [7, 11) is 0. The second kappa shape index (κ2) is 8.73. The summed E-state index contributed by atoms with van der Waals surface area (Å²) < 4.78 is 4.86. The Morgan fingerprint density at radius 2 is 1.86 bits per heavy atom. The van der Waals surface area contributed by atoms with Gasteiger partial charge in [0.05, 0.1) is 6.61 Å². The highest BCUT2D eigenvalue weighted by atomic mass is 16.5. The molecule has 0 bridgehead atoms. The zero-order chi connectivity index (χ0) is 16.6. The molecule has 0 radical (unpaired) electrons. The number of carboxylic acids is 1. The number of likely N-dealkylation sites (tertiary alicyclic amines) is 1. The smallest absolute Gasteiger partial charge is 0.343 e. The number of unbranched alkanes of at least 4 members (excludes halogenated alkanes) is 1. The summed E-state index contributed by atoms with van der Waals surface area (Å²) in [6.45, 7) is 5.91. The van der Waals surface area contributed by atoms with Crippen LogP contribution in [-0.4, -0.2) is 59.6 Å². The maximum atomic E-state index is 12.1. The molecule has 1 aliphatic rings. The largest absolute Gasteiger partial charge is 0.479 e. The highest BCUT2D eigenvalue weighted by Gasteiger charge is 2.48. The van der Waals surface area contributed by atoms with Crippen LogP contribution in [-0.2, 0) is 19.1 Å². The predicted molar refractivity (Wildman–Crippen MR) is 80.3 cm³/mol. The van der Waals surface area contributed by atoms with Crippen LogP contribution in [0, 0.1) is 0 Å². The molecule has 0 saturated carbocycles. The van der Waals surface area contributed by atoms with Crippen LogP contribution in [0.4, 0.5) is 0 Å². The fourth-order valence-corrected chi connectivity index (χ4v) is 2.75. The molecule has 2 N–H and O–H groups in total. The number of carbonyl (C=O) groups excluding carboxylic acids is 2. The van der Waals surface area contributed by atoms with E-state index in [1.165, 1.54) is 19.8 Å². The number of esters is 1. The van der Waals surface area contributed by atoms with E-state index >= 15 is 0 Å². The molecule has 1 amide bonds. The molecule has 1 rings (SSSR count). The lowest BCUT2D eigenvalue weighted by atomic mass is 9.92. The maximum Gasteiger partial charge on any atom is 0.343 e. The van der Waals surface area contributed by atoms with Crippen LogP contribution in [0.5, 0.6) is 0 Å². The predicted octanol–water partition coefficient (Wildman–Crippen LogP) is 0.775. The van der Waals surface area contributed by atoms with Gasteiger partial charge in [-0.25, -0.2) is 9.59 Å². The number of amides is 1. The number of aliphatic carboxylic acids is 1. The quantitative estimate of drug-likeness (QED) is 0.371. The summed E-state index contributed by atoms with van der Waals surface area (Å²) in [4.78, 5) is 37.3. The Kier molecular flexibility index (Phi) is 7.31. The molecule has 1 saturated heterocycles. The normalized spacial score (nSPS) is 17.7. The van der Waals surface area contributed by atoms with Crippen molar-refractivity contribution in [3.8, 4) is 0 Å². The number of hydrogen-bond acceptors (Lipinski definition) is 5. The monoisotopic (exact) mass is 314 g/mol. The first kappa shape index (κ1) is 18.4. The summed E-state index contributed by atoms with van der Waals surface area (Å²) in [5.74, 6) is -2.84. The average Bonchev–Trinajstić information content (AvgIpc) is 2.94. The van der Waals surface area contributed by atoms with Gasteiger partial charge in [-0.3, -0.25) is 4.79 Å². The number of carbonyl (C=O) groups is 3. The number of hydrogen-bond donors (Lipinski definition) is 2. The lowest BCUT2D eigenvalue weighted by Crippen LogP contribution is -2.60. The molecule has 7 heteroatoms. The van der Waals surface area contributed by atoms with Gasteiger partial charge in [-0.05, 0) is 58.7 Å². The first-order valence-electron chi connectivity index (χ1n) is 7.84. The standard InChI is InChI=1S/C15H26N2O5/c1-3-22-14(21)15(13(19)20,16-12(2)18)8-4-5-9-17-10-6-7-11-17/h3-11H2,1-2H3,(H,16,18)(H,19,20). The Morgan fingerprint density at radius 1 is 1.23 bits per heavy atom. The molecular weight excluding hydrogens is 288 g/mol. The van der Waals surface area contributed by atoms with Crippen molar-refractivity contribution in [3.05, 3.63) is 0 Å². The van der Waals surface area contributed by atoms with E-state index in [-0.39, 0.29) is 13.0 Å². The van der Waals surface area contributed by atoms with Gasteiger partial charge in [0.1, 0.15) is 0 Å². The summed E-state index contributed by atoms with van der Waals surface area (Å²) in [6, 6.07) is 0. The van der Waals surface area contributed by atoms with Gasteiger partial charge >= 0.3 is 11.9 Å². The van der Waals surface area contributed by atoms with Crippen molar-refractivity contribution < 1.29 is 24.2 Å². The zero-order valence-electron chi connectivity index (χ0n) is 13.4. The molecule has 1 heterocycles. The molecule has 1 aliphatic heterocycles. The van der Waals surface area contributed by atoms with Crippen molar-refractivity contribution >= 4 is 17.8 Å². The third-order valence-electron chi connectivity index (χ3n) is 3.85. The molecule has 126 valence electrons. The molecule has 0 spiro atoms. The van der Waals surface area contributed by atoms with Crippen molar-refractivity contribution in [2.24, 2.45) is 0 Å². The fraction of sp³-hybridized carbons (Fsp3) is 0.800. The Balaban J connectivity index is 2.64. The summed E-state index contributed by atoms with van der Waals surface area (Å²) in [6.07, 6.45) is 3.76. The Labute approximate surface area is 131 Å². The van der Waals surface area contributed by atoms with Crippen molar-refractivity contribution in [1.82, 2.24) is 10.2 Å². The third kappa shape index (κ3) is 4.98. The lowest BCUT2D eigenvalue weighted by Gasteiger charge is -2.28. The Morgan fingerprint density at radius 3 is 2.36 bits per heavy atom. The van der Waals surface area contributed by atoms with E-state index in [1.807, 2.05) is 0 Å². The summed E-state index contributed by atoms with van der Waals surface area (Å²) >= 11 is 0. The second-order valence-corrected chi connectivity index (χ2v) is 5.62. The van der Waals surface area contributed by atoms with E-state index in [2.05, 4.69) is 10.2 Å². The van der Waals surface area contributed by atoms with Crippen molar-refractivity contribution in [2.45, 2.75) is 51.5 Å². The van der Waals surface area contributed by atoms with Gasteiger partial charge in [0.15, 0.2) is 0 Å². The Hall–Kier alpha value is -1.63. The molecule has 7 nitrogen and oxygen atoms in total. The van der Waals surface area contributed by atoms with Gasteiger partial charge in [-0.2, -0.15) is 0 Å². The summed E-state index contributed by atoms with van der Waals surface area (Å²) in [5.41, 5.74) is -1.98. The van der Waals surface area contributed by atoms with E-state index in [0.29, 0.717) is 6.42 Å². The molecule has 0 aromatic heterocycles. The van der Waals surface area contributed by atoms with Crippen LogP contribution in [0.3, 0.4) is 0 Å². The number of nitrogens with zero attached hydrogens (tertiary/aromatic N) is 1. The number of rotatable bonds is 9. The molecular formula is C15H26N2O5. The Bertz CT molecular complexity index is 407. The molecule has 0 aromatic carbocycles. The van der Waals surface area contributed by atoms with Crippen molar-refractivity contribution in [2.75, 3.05) is 26.2 Å². The van der Waals surface area contributed by atoms with E-state index in [9.17, 15) is 19.5 Å². The molecule has 1 atom stereocenters. The fourth-order valence-electron chi connectivity index (χ4n) is 2.75. The van der Waals surface area contributed by atoms with Gasteiger partial charge in [0, 0.05) is 6.92 Å². The van der Waals surface area contributed by atoms with Gasteiger partial charge in [0.2, 0.25) is 11.4 Å². The van der Waals surface area contributed by atoms with Crippen LogP contribution in [0.15, 0.2) is 0 Å². The van der Waals surface area contributed by atoms with Crippen molar-refractivity contribution in [3.63, 3.8) is 0 Å². The van der Waals surface area contributed by atoms with Crippen LogP contribution < -0.4 is 5.32 Å². The average molecular weight is 314 g/mol. The number of ether oxygens (including phenoxy) is 1. The van der Waals surface area contributed by atoms with Crippen LogP contribution in [0.1, 0.15) is 46.0 Å². The van der Waals surface area contributed by atoms with E-state index in [1.54, 1.807) is 6.92 Å². The molecule has 22 heavy (non-hydrogen) atoms. The minimum atomic E-state index is -1.98. The van der Waals surface area contributed by atoms with Crippen LogP contribution in [0.2, 0.25) is 0 Å². The zero-order valence-corrected chi connectivity index (χ0v) is 13.4. The third-order valence-corrected chi connectivity index (χ3v) is 3.85. The van der Waals surface area contributed by atoms with Crippen LogP contribution >= 0.6 is 0 Å². The number of nitrogens with one attached hydrogen (secondary N) is 1. The highest BCUT2D eigenvalue weighted by Crippen LogP contribution is 2.19. The van der Waals surface area contributed by atoms with Crippen LogP contribution in [0.25, 0.3) is 0 Å². The highest BCUT2D eigenvalue weighted by molar-refractivity contribution is 6.06. The van der Waals surface area contributed by atoms with E-state index in [4.69, 9.17) is 4.74 Å². The SMILES string of the molecule is CCOC(=O)C(CCCCN1CCCC1)(NC(C)=O)C(=O)O.